The van der Waals surface area contributed by atoms with Crippen molar-refractivity contribution in [1.82, 2.24) is 9.13 Å². The standard InChI is InChI=1S/C42H28N2O/c1-5-16-37-31(12-1)32-13-2-6-17-38(32)43(37)29-11-9-10-27(24-29)28-20-22-41-35(25-28)36-26-30(21-23-42(36)45-41)44-39-18-7-3-14-33(39)34-15-4-8-19-40(34)44/h1-21,23-26,41H,22H2. The third-order valence-electron chi connectivity index (χ3n) is 9.61. The third-order valence-corrected chi connectivity index (χ3v) is 9.61. The van der Waals surface area contributed by atoms with Crippen LogP contribution in [0.1, 0.15) is 17.5 Å². The van der Waals surface area contributed by atoms with Crippen LogP contribution in [-0.4, -0.2) is 15.2 Å². The molecule has 0 bridgehead atoms. The van der Waals surface area contributed by atoms with Crippen molar-refractivity contribution in [2.75, 3.05) is 0 Å². The van der Waals surface area contributed by atoms with Gasteiger partial charge in [-0.2, -0.15) is 0 Å². The third kappa shape index (κ3) is 3.58. The van der Waals surface area contributed by atoms with Gasteiger partial charge in [0.25, 0.3) is 0 Å². The first-order valence-electron chi connectivity index (χ1n) is 15.6. The average molecular weight is 577 g/mol. The SMILES string of the molecule is C1=C(c2cccc(-n3c4ccccc4c4ccccc43)c2)C=C2c3cc(-n4c5ccccc5c5ccccc54)ccc3OC2C1. The molecule has 6 aromatic carbocycles. The van der Waals surface area contributed by atoms with E-state index in [-0.39, 0.29) is 6.10 Å². The normalized spacial score (nSPS) is 15.7. The fraction of sp³-hybridized carbons (Fsp3) is 0.0476. The molecule has 3 heteroatoms. The molecule has 0 spiro atoms. The Bertz CT molecular complexity index is 2450. The minimum Gasteiger partial charge on any atom is -0.485 e. The predicted molar refractivity (Wildman–Crippen MR) is 187 cm³/mol. The molecule has 212 valence electrons. The molecule has 1 aliphatic heterocycles. The molecule has 45 heavy (non-hydrogen) atoms. The number of nitrogens with zero attached hydrogens (tertiary/aromatic N) is 2. The topological polar surface area (TPSA) is 19.1 Å². The van der Waals surface area contributed by atoms with E-state index < -0.39 is 0 Å². The van der Waals surface area contributed by atoms with Crippen molar-refractivity contribution in [1.29, 1.82) is 0 Å². The molecular weight excluding hydrogens is 548 g/mol. The van der Waals surface area contributed by atoms with Gasteiger partial charge in [-0.15, -0.1) is 0 Å². The van der Waals surface area contributed by atoms with Gasteiger partial charge >= 0.3 is 0 Å². The van der Waals surface area contributed by atoms with Crippen LogP contribution in [0.3, 0.4) is 0 Å². The minimum absolute atomic E-state index is 0.0395. The fourth-order valence-corrected chi connectivity index (χ4v) is 7.61. The van der Waals surface area contributed by atoms with Crippen molar-refractivity contribution in [2.45, 2.75) is 12.5 Å². The number of fused-ring (bicyclic) bond motifs is 9. The van der Waals surface area contributed by atoms with E-state index >= 15 is 0 Å². The number of ether oxygens (including phenoxy) is 1. The first-order chi connectivity index (χ1) is 22.3. The maximum absolute atomic E-state index is 6.50. The second-order valence-electron chi connectivity index (χ2n) is 12.1. The second-order valence-corrected chi connectivity index (χ2v) is 12.1. The first kappa shape index (κ1) is 24.6. The molecule has 0 radical (unpaired) electrons. The molecule has 1 unspecified atom stereocenters. The zero-order valence-corrected chi connectivity index (χ0v) is 24.5. The van der Waals surface area contributed by atoms with Crippen LogP contribution in [-0.2, 0) is 0 Å². The van der Waals surface area contributed by atoms with Gasteiger partial charge in [0.2, 0.25) is 0 Å². The van der Waals surface area contributed by atoms with E-state index in [0.717, 1.165) is 17.9 Å². The number of rotatable bonds is 3. The lowest BCUT2D eigenvalue weighted by molar-refractivity contribution is 0.279. The molecule has 0 fully saturated rings. The zero-order chi connectivity index (χ0) is 29.5. The van der Waals surface area contributed by atoms with Crippen LogP contribution >= 0.6 is 0 Å². The molecule has 3 nitrogen and oxygen atoms in total. The van der Waals surface area contributed by atoms with Crippen LogP contribution in [0, 0.1) is 0 Å². The Morgan fingerprint density at radius 1 is 0.511 bits per heavy atom. The number of para-hydroxylation sites is 4. The fourth-order valence-electron chi connectivity index (χ4n) is 7.61. The lowest BCUT2D eigenvalue weighted by Gasteiger charge is -2.18. The summed E-state index contributed by atoms with van der Waals surface area (Å²) in [5.74, 6) is 0.962. The summed E-state index contributed by atoms with van der Waals surface area (Å²) < 4.78 is 11.3. The van der Waals surface area contributed by atoms with E-state index in [1.807, 2.05) is 0 Å². The molecule has 3 heterocycles. The van der Waals surface area contributed by atoms with Gasteiger partial charge in [-0.1, -0.05) is 91.0 Å². The molecule has 0 amide bonds. The van der Waals surface area contributed by atoms with Crippen LogP contribution in [0.15, 0.2) is 152 Å². The molecule has 1 atom stereocenters. The van der Waals surface area contributed by atoms with Crippen molar-refractivity contribution >= 4 is 54.8 Å². The van der Waals surface area contributed by atoms with Crippen LogP contribution < -0.4 is 4.74 Å². The van der Waals surface area contributed by atoms with Gasteiger partial charge in [-0.25, -0.2) is 0 Å². The Morgan fingerprint density at radius 3 is 1.62 bits per heavy atom. The number of hydrogen-bond acceptors (Lipinski definition) is 1. The highest BCUT2D eigenvalue weighted by atomic mass is 16.5. The summed E-state index contributed by atoms with van der Waals surface area (Å²) >= 11 is 0. The van der Waals surface area contributed by atoms with E-state index in [4.69, 9.17) is 4.74 Å². The molecule has 10 rings (SSSR count). The van der Waals surface area contributed by atoms with Gasteiger partial charge in [0, 0.05) is 50.5 Å². The molecule has 2 aromatic heterocycles. The van der Waals surface area contributed by atoms with E-state index in [2.05, 4.69) is 161 Å². The van der Waals surface area contributed by atoms with Crippen molar-refractivity contribution in [3.05, 3.63) is 163 Å². The lowest BCUT2D eigenvalue weighted by atomic mass is 9.90. The maximum Gasteiger partial charge on any atom is 0.128 e. The Hall–Kier alpha value is -5.80. The summed E-state index contributed by atoms with van der Waals surface area (Å²) in [7, 11) is 0. The lowest BCUT2D eigenvalue weighted by Crippen LogP contribution is -2.13. The second kappa shape index (κ2) is 9.35. The summed E-state index contributed by atoms with van der Waals surface area (Å²) in [5.41, 5.74) is 12.1. The number of allylic oxidation sites excluding steroid dienone is 2. The number of benzene rings is 6. The first-order valence-corrected chi connectivity index (χ1v) is 15.6. The van der Waals surface area contributed by atoms with Crippen LogP contribution in [0.25, 0.3) is 66.1 Å². The Balaban J connectivity index is 1.09. The van der Waals surface area contributed by atoms with Gasteiger partial charge in [0.05, 0.1) is 22.1 Å². The van der Waals surface area contributed by atoms with Gasteiger partial charge in [-0.05, 0) is 71.8 Å². The predicted octanol–water partition coefficient (Wildman–Crippen LogP) is 10.5. The Labute approximate surface area is 260 Å². The average Bonchev–Trinajstić information content (AvgIpc) is 3.75. The summed E-state index contributed by atoms with van der Waals surface area (Å²) in [6, 6.07) is 50.3. The van der Waals surface area contributed by atoms with E-state index in [0.29, 0.717) is 0 Å². The van der Waals surface area contributed by atoms with Gasteiger partial charge in [0.1, 0.15) is 11.9 Å². The van der Waals surface area contributed by atoms with E-state index in [9.17, 15) is 0 Å². The molecule has 0 saturated heterocycles. The van der Waals surface area contributed by atoms with Crippen molar-refractivity contribution in [3.8, 4) is 17.1 Å². The Morgan fingerprint density at radius 2 is 1.04 bits per heavy atom. The smallest absolute Gasteiger partial charge is 0.128 e. The summed E-state index contributed by atoms with van der Waals surface area (Å²) in [4.78, 5) is 0. The highest BCUT2D eigenvalue weighted by molar-refractivity contribution is 6.10. The largest absolute Gasteiger partial charge is 0.485 e. The summed E-state index contributed by atoms with van der Waals surface area (Å²) in [6.07, 6.45) is 5.57. The van der Waals surface area contributed by atoms with E-state index in [1.54, 1.807) is 0 Å². The van der Waals surface area contributed by atoms with Crippen LogP contribution in [0.5, 0.6) is 5.75 Å². The molecule has 8 aromatic rings. The summed E-state index contributed by atoms with van der Waals surface area (Å²) in [5, 5.41) is 5.10. The van der Waals surface area contributed by atoms with E-state index in [1.165, 1.54) is 71.6 Å². The quantitative estimate of drug-likeness (QED) is 0.205. The molecular formula is C42H28N2O. The van der Waals surface area contributed by atoms with Gasteiger partial charge < -0.3 is 13.9 Å². The van der Waals surface area contributed by atoms with Gasteiger partial charge in [-0.3, -0.25) is 0 Å². The zero-order valence-electron chi connectivity index (χ0n) is 24.5. The minimum atomic E-state index is 0.0395. The van der Waals surface area contributed by atoms with Crippen molar-refractivity contribution in [2.24, 2.45) is 0 Å². The Kier molecular flexibility index (Phi) is 5.11. The monoisotopic (exact) mass is 576 g/mol. The van der Waals surface area contributed by atoms with Gasteiger partial charge in [0.15, 0.2) is 0 Å². The highest BCUT2D eigenvalue weighted by Gasteiger charge is 2.31. The van der Waals surface area contributed by atoms with Crippen molar-refractivity contribution in [3.63, 3.8) is 0 Å². The number of hydrogen-bond donors (Lipinski definition) is 0. The van der Waals surface area contributed by atoms with Crippen LogP contribution in [0.4, 0.5) is 0 Å². The molecule has 1 aliphatic carbocycles. The van der Waals surface area contributed by atoms with Crippen molar-refractivity contribution < 1.29 is 4.74 Å². The number of aromatic nitrogens is 2. The highest BCUT2D eigenvalue weighted by Crippen LogP contribution is 2.45. The van der Waals surface area contributed by atoms with Crippen LogP contribution in [0.2, 0.25) is 0 Å². The maximum atomic E-state index is 6.50. The molecule has 0 saturated carbocycles. The molecule has 0 N–H and O–H groups in total. The molecule has 2 aliphatic rings. The summed E-state index contributed by atoms with van der Waals surface area (Å²) in [6.45, 7) is 0.